The fourth-order valence-electron chi connectivity index (χ4n) is 7.13. The zero-order valence-electron chi connectivity index (χ0n) is 12.9. The van der Waals surface area contributed by atoms with Crippen molar-refractivity contribution >= 4 is 17.3 Å². The van der Waals surface area contributed by atoms with Crippen molar-refractivity contribution in [2.75, 3.05) is 0 Å². The molecule has 0 aromatic heterocycles. The zero-order valence-corrected chi connectivity index (χ0v) is 13.8. The average Bonchev–Trinajstić information content (AvgIpc) is 2.98. The van der Waals surface area contributed by atoms with Crippen LogP contribution < -0.4 is 10.6 Å². The summed E-state index contributed by atoms with van der Waals surface area (Å²) in [6, 6.07) is 0.678. The van der Waals surface area contributed by atoms with Gasteiger partial charge in [0.25, 0.3) is 0 Å². The molecule has 6 saturated carbocycles. The zero-order chi connectivity index (χ0) is 14.0. The Bertz CT molecular complexity index is 425. The topological polar surface area (TPSA) is 24.1 Å². The summed E-state index contributed by atoms with van der Waals surface area (Å²) in [5.41, 5.74) is 0.371. The maximum absolute atomic E-state index is 5.72. The van der Waals surface area contributed by atoms with E-state index in [0.29, 0.717) is 11.6 Å². The van der Waals surface area contributed by atoms with Gasteiger partial charge in [-0.05, 0) is 99.6 Å². The number of rotatable bonds is 2. The van der Waals surface area contributed by atoms with Crippen LogP contribution in [0.1, 0.15) is 64.2 Å². The molecule has 3 unspecified atom stereocenters. The fourth-order valence-corrected chi connectivity index (χ4v) is 7.50. The normalized spacial score (nSPS) is 53.1. The summed E-state index contributed by atoms with van der Waals surface area (Å²) in [5.74, 6) is 4.89. The van der Waals surface area contributed by atoms with Crippen LogP contribution in [0, 0.1) is 29.6 Å². The molecule has 0 radical (unpaired) electrons. The number of hydrogen-bond donors (Lipinski definition) is 2. The predicted octanol–water partition coefficient (Wildman–Crippen LogP) is 3.61. The van der Waals surface area contributed by atoms with Crippen molar-refractivity contribution in [3.63, 3.8) is 0 Å². The van der Waals surface area contributed by atoms with Crippen LogP contribution >= 0.6 is 12.2 Å². The summed E-state index contributed by atoms with van der Waals surface area (Å²) in [7, 11) is 0. The van der Waals surface area contributed by atoms with E-state index in [0.717, 1.165) is 34.7 Å². The minimum absolute atomic E-state index is 0.371. The van der Waals surface area contributed by atoms with E-state index in [2.05, 4.69) is 10.6 Å². The highest BCUT2D eigenvalue weighted by molar-refractivity contribution is 7.80. The molecule has 116 valence electrons. The molecule has 0 aliphatic heterocycles. The molecule has 0 spiro atoms. The van der Waals surface area contributed by atoms with E-state index >= 15 is 0 Å². The van der Waals surface area contributed by atoms with Crippen LogP contribution in [-0.4, -0.2) is 16.7 Å². The van der Waals surface area contributed by atoms with E-state index in [-0.39, 0.29) is 0 Å². The third-order valence-electron chi connectivity index (χ3n) is 7.47. The predicted molar refractivity (Wildman–Crippen MR) is 89.0 cm³/mol. The Morgan fingerprint density at radius 3 is 2.00 bits per heavy atom. The van der Waals surface area contributed by atoms with Gasteiger partial charge in [0.2, 0.25) is 0 Å². The quantitative estimate of drug-likeness (QED) is 0.762. The van der Waals surface area contributed by atoms with Crippen molar-refractivity contribution in [1.82, 2.24) is 10.6 Å². The van der Waals surface area contributed by atoms with Gasteiger partial charge in [-0.15, -0.1) is 0 Å². The summed E-state index contributed by atoms with van der Waals surface area (Å²) in [6.45, 7) is 0. The number of nitrogens with one attached hydrogen (secondary N) is 2. The van der Waals surface area contributed by atoms with Crippen LogP contribution in [-0.2, 0) is 0 Å². The van der Waals surface area contributed by atoms with E-state index < -0.39 is 0 Å². The molecule has 3 heteroatoms. The molecule has 6 bridgehead atoms. The molecule has 0 amide bonds. The number of fused-ring (bicyclic) bond motifs is 2. The molecule has 6 fully saturated rings. The first-order valence-corrected chi connectivity index (χ1v) is 9.67. The second kappa shape index (κ2) is 4.59. The standard InChI is InChI=1S/C18H28N2S/c21-17(19-16-7-11-1-2-15(16)6-11)20-18-8-12-3-13(9-18)5-14(4-12)10-18/h11-16H,1-10H2,(H2,19,20,21). The maximum atomic E-state index is 5.72. The van der Waals surface area contributed by atoms with Gasteiger partial charge in [-0.25, -0.2) is 0 Å². The SMILES string of the molecule is S=C(NC1CC2CCC1C2)NC12CC3CC(CC(C3)C1)C2. The van der Waals surface area contributed by atoms with Gasteiger partial charge >= 0.3 is 0 Å². The van der Waals surface area contributed by atoms with Crippen molar-refractivity contribution in [3.05, 3.63) is 0 Å². The third kappa shape index (κ3) is 2.22. The maximum Gasteiger partial charge on any atom is 0.166 e. The van der Waals surface area contributed by atoms with Gasteiger partial charge in [0.1, 0.15) is 0 Å². The van der Waals surface area contributed by atoms with Gasteiger partial charge in [-0.3, -0.25) is 0 Å². The lowest BCUT2D eigenvalue weighted by atomic mass is 9.53. The van der Waals surface area contributed by atoms with Crippen molar-refractivity contribution in [2.45, 2.75) is 75.8 Å². The highest BCUT2D eigenvalue weighted by atomic mass is 32.1. The lowest BCUT2D eigenvalue weighted by Gasteiger charge is -2.57. The molecular weight excluding hydrogens is 276 g/mol. The first-order valence-electron chi connectivity index (χ1n) is 9.26. The lowest BCUT2D eigenvalue weighted by Crippen LogP contribution is -2.62. The van der Waals surface area contributed by atoms with Crippen molar-refractivity contribution < 1.29 is 0 Å². The van der Waals surface area contributed by atoms with Crippen LogP contribution in [0.3, 0.4) is 0 Å². The molecule has 2 nitrogen and oxygen atoms in total. The highest BCUT2D eigenvalue weighted by Crippen LogP contribution is 2.55. The Labute approximate surface area is 133 Å². The minimum atomic E-state index is 0.371. The van der Waals surface area contributed by atoms with Crippen molar-refractivity contribution in [3.8, 4) is 0 Å². The van der Waals surface area contributed by atoms with Gasteiger partial charge in [0, 0.05) is 11.6 Å². The van der Waals surface area contributed by atoms with Gasteiger partial charge in [0.05, 0.1) is 0 Å². The van der Waals surface area contributed by atoms with Crippen LogP contribution in [0.25, 0.3) is 0 Å². The van der Waals surface area contributed by atoms with Gasteiger partial charge in [0.15, 0.2) is 5.11 Å². The second-order valence-corrected chi connectivity index (χ2v) is 9.49. The molecule has 0 saturated heterocycles. The molecule has 21 heavy (non-hydrogen) atoms. The van der Waals surface area contributed by atoms with Crippen molar-refractivity contribution in [2.24, 2.45) is 29.6 Å². The minimum Gasteiger partial charge on any atom is -0.360 e. The van der Waals surface area contributed by atoms with E-state index in [1.807, 2.05) is 0 Å². The van der Waals surface area contributed by atoms with Crippen LogP contribution in [0.15, 0.2) is 0 Å². The monoisotopic (exact) mass is 304 g/mol. The molecule has 0 aromatic carbocycles. The molecule has 6 rings (SSSR count). The molecule has 0 aromatic rings. The van der Waals surface area contributed by atoms with Gasteiger partial charge in [-0.2, -0.15) is 0 Å². The Balaban J connectivity index is 1.24. The first kappa shape index (κ1) is 13.2. The summed E-state index contributed by atoms with van der Waals surface area (Å²) in [5, 5.41) is 8.52. The molecule has 0 heterocycles. The third-order valence-corrected chi connectivity index (χ3v) is 7.69. The smallest absolute Gasteiger partial charge is 0.166 e. The molecule has 6 aliphatic rings. The Hall–Kier alpha value is -0.310. The van der Waals surface area contributed by atoms with E-state index in [9.17, 15) is 0 Å². The fraction of sp³-hybridized carbons (Fsp3) is 0.944. The van der Waals surface area contributed by atoms with Crippen LogP contribution in [0.5, 0.6) is 0 Å². The van der Waals surface area contributed by atoms with Crippen molar-refractivity contribution in [1.29, 1.82) is 0 Å². The Kier molecular flexibility index (Phi) is 2.88. The summed E-state index contributed by atoms with van der Waals surface area (Å²) >= 11 is 5.72. The molecule has 2 N–H and O–H groups in total. The largest absolute Gasteiger partial charge is 0.360 e. The van der Waals surface area contributed by atoms with E-state index in [4.69, 9.17) is 12.2 Å². The Morgan fingerprint density at radius 1 is 0.810 bits per heavy atom. The van der Waals surface area contributed by atoms with E-state index in [1.54, 1.807) is 0 Å². The number of thiocarbonyl (C=S) groups is 1. The second-order valence-electron chi connectivity index (χ2n) is 9.08. The van der Waals surface area contributed by atoms with Crippen LogP contribution in [0.2, 0.25) is 0 Å². The van der Waals surface area contributed by atoms with Gasteiger partial charge in [-0.1, -0.05) is 6.42 Å². The lowest BCUT2D eigenvalue weighted by molar-refractivity contribution is -0.0102. The van der Waals surface area contributed by atoms with Crippen LogP contribution in [0.4, 0.5) is 0 Å². The first-order chi connectivity index (χ1) is 10.2. The number of hydrogen-bond acceptors (Lipinski definition) is 1. The van der Waals surface area contributed by atoms with E-state index in [1.165, 1.54) is 64.2 Å². The summed E-state index contributed by atoms with van der Waals surface area (Å²) in [6.07, 6.45) is 14.4. The molecule has 3 atom stereocenters. The summed E-state index contributed by atoms with van der Waals surface area (Å²) in [4.78, 5) is 0. The molecule has 6 aliphatic carbocycles. The Morgan fingerprint density at radius 2 is 1.48 bits per heavy atom. The highest BCUT2D eigenvalue weighted by Gasteiger charge is 2.51. The van der Waals surface area contributed by atoms with Gasteiger partial charge < -0.3 is 10.6 Å². The summed E-state index contributed by atoms with van der Waals surface area (Å²) < 4.78 is 0. The average molecular weight is 305 g/mol. The molecular formula is C18H28N2S.